The van der Waals surface area contributed by atoms with E-state index in [1.807, 2.05) is 25.3 Å². The first kappa shape index (κ1) is 10.9. The molecule has 0 bridgehead atoms. The molecule has 1 aromatic carbocycles. The third-order valence-electron chi connectivity index (χ3n) is 3.14. The van der Waals surface area contributed by atoms with Crippen molar-refractivity contribution in [3.05, 3.63) is 59.9 Å². The third kappa shape index (κ3) is 1.86. The molecule has 0 unspecified atom stereocenters. The quantitative estimate of drug-likeness (QED) is 0.638. The van der Waals surface area contributed by atoms with E-state index in [9.17, 15) is 0 Å². The largest absolute Gasteiger partial charge is 0.256 e. The van der Waals surface area contributed by atoms with E-state index in [1.165, 1.54) is 5.56 Å². The summed E-state index contributed by atoms with van der Waals surface area (Å²) in [6.45, 7) is 4.12. The van der Waals surface area contributed by atoms with Crippen LogP contribution in [0.25, 0.3) is 22.2 Å². The van der Waals surface area contributed by atoms with E-state index in [2.05, 4.69) is 47.2 Å². The maximum atomic E-state index is 4.66. The Balaban J connectivity index is 2.21. The molecule has 88 valence electrons. The van der Waals surface area contributed by atoms with Crippen LogP contribution in [0.1, 0.15) is 11.3 Å². The second kappa shape index (κ2) is 4.22. The number of aromatic nitrogens is 2. The van der Waals surface area contributed by atoms with Gasteiger partial charge in [-0.05, 0) is 32.0 Å². The number of aryl methyl sites for hydroxylation is 2. The number of benzene rings is 1. The molecule has 0 amide bonds. The Morgan fingerprint density at radius 2 is 1.72 bits per heavy atom. The molecule has 0 spiro atoms. The summed E-state index contributed by atoms with van der Waals surface area (Å²) in [6.07, 6.45) is 1.82. The molecule has 0 aliphatic rings. The monoisotopic (exact) mass is 234 g/mol. The fourth-order valence-corrected chi connectivity index (χ4v) is 2.11. The van der Waals surface area contributed by atoms with Gasteiger partial charge in [-0.1, -0.05) is 29.8 Å². The fraction of sp³-hybridized carbons (Fsp3) is 0.125. The predicted molar refractivity (Wildman–Crippen MR) is 74.4 cm³/mol. The Labute approximate surface area is 106 Å². The zero-order valence-electron chi connectivity index (χ0n) is 10.5. The molecule has 0 fully saturated rings. The molecular formula is C16H14N2. The highest BCUT2D eigenvalue weighted by Gasteiger charge is 2.05. The number of fused-ring (bicyclic) bond motifs is 1. The first-order valence-corrected chi connectivity index (χ1v) is 6.03. The second-order valence-corrected chi connectivity index (χ2v) is 4.53. The minimum absolute atomic E-state index is 0.985. The van der Waals surface area contributed by atoms with Crippen molar-refractivity contribution in [3.8, 4) is 11.3 Å². The Morgan fingerprint density at radius 1 is 0.944 bits per heavy atom. The average molecular weight is 234 g/mol. The summed E-state index contributed by atoms with van der Waals surface area (Å²) in [5, 5.41) is 1.12. The molecule has 2 nitrogen and oxygen atoms in total. The van der Waals surface area contributed by atoms with Crippen LogP contribution in [-0.4, -0.2) is 9.97 Å². The van der Waals surface area contributed by atoms with Crippen LogP contribution in [0.15, 0.2) is 48.7 Å². The van der Waals surface area contributed by atoms with Crippen LogP contribution >= 0.6 is 0 Å². The maximum Gasteiger partial charge on any atom is 0.0741 e. The first-order chi connectivity index (χ1) is 8.74. The summed E-state index contributed by atoms with van der Waals surface area (Å²) >= 11 is 0. The molecular weight excluding hydrogens is 220 g/mol. The highest BCUT2D eigenvalue weighted by Crippen LogP contribution is 2.23. The summed E-state index contributed by atoms with van der Waals surface area (Å²) in [7, 11) is 0. The van der Waals surface area contributed by atoms with E-state index in [0.717, 1.165) is 27.9 Å². The third-order valence-corrected chi connectivity index (χ3v) is 3.14. The highest BCUT2D eigenvalue weighted by molar-refractivity contribution is 5.84. The average Bonchev–Trinajstić information content (AvgIpc) is 2.39. The van der Waals surface area contributed by atoms with Crippen LogP contribution in [0.3, 0.4) is 0 Å². The zero-order valence-corrected chi connectivity index (χ0v) is 10.5. The van der Waals surface area contributed by atoms with Gasteiger partial charge in [-0.3, -0.25) is 9.97 Å². The summed E-state index contributed by atoms with van der Waals surface area (Å²) in [4.78, 5) is 9.07. The van der Waals surface area contributed by atoms with Crippen molar-refractivity contribution in [1.82, 2.24) is 9.97 Å². The lowest BCUT2D eigenvalue weighted by molar-refractivity contribution is 1.22. The molecule has 2 aromatic heterocycles. The molecule has 2 heteroatoms. The minimum Gasteiger partial charge on any atom is -0.256 e. The van der Waals surface area contributed by atoms with Gasteiger partial charge in [0.05, 0.1) is 11.2 Å². The topological polar surface area (TPSA) is 25.8 Å². The number of hydrogen-bond donors (Lipinski definition) is 0. The lowest BCUT2D eigenvalue weighted by Crippen LogP contribution is -1.91. The second-order valence-electron chi connectivity index (χ2n) is 4.53. The van der Waals surface area contributed by atoms with Crippen LogP contribution < -0.4 is 0 Å². The molecule has 0 aliphatic carbocycles. The van der Waals surface area contributed by atoms with Crippen LogP contribution in [0.2, 0.25) is 0 Å². The molecule has 0 saturated heterocycles. The van der Waals surface area contributed by atoms with Gasteiger partial charge in [0.1, 0.15) is 0 Å². The van der Waals surface area contributed by atoms with Gasteiger partial charge >= 0.3 is 0 Å². The van der Waals surface area contributed by atoms with Gasteiger partial charge in [-0.2, -0.15) is 0 Å². The fourth-order valence-electron chi connectivity index (χ4n) is 2.11. The molecule has 18 heavy (non-hydrogen) atoms. The Hall–Kier alpha value is -2.22. The van der Waals surface area contributed by atoms with Gasteiger partial charge in [0.15, 0.2) is 0 Å². The summed E-state index contributed by atoms with van der Waals surface area (Å²) < 4.78 is 0. The molecule has 0 aliphatic heterocycles. The number of hydrogen-bond acceptors (Lipinski definition) is 2. The number of pyridine rings is 2. The van der Waals surface area contributed by atoms with Gasteiger partial charge in [-0.25, -0.2) is 0 Å². The van der Waals surface area contributed by atoms with E-state index < -0.39 is 0 Å². The molecule has 3 aromatic rings. The Kier molecular flexibility index (Phi) is 2.56. The maximum absolute atomic E-state index is 4.66. The van der Waals surface area contributed by atoms with Crippen LogP contribution in [-0.2, 0) is 0 Å². The molecule has 0 saturated carbocycles. The number of rotatable bonds is 1. The van der Waals surface area contributed by atoms with Crippen molar-refractivity contribution in [2.75, 3.05) is 0 Å². The molecule has 0 atom stereocenters. The van der Waals surface area contributed by atoms with E-state index in [0.29, 0.717) is 0 Å². The lowest BCUT2D eigenvalue weighted by Gasteiger charge is -2.06. The molecule has 0 N–H and O–H groups in total. The Bertz CT molecular complexity index is 700. The van der Waals surface area contributed by atoms with Gasteiger partial charge < -0.3 is 0 Å². The molecule has 3 rings (SSSR count). The van der Waals surface area contributed by atoms with Crippen molar-refractivity contribution in [2.24, 2.45) is 0 Å². The van der Waals surface area contributed by atoms with Crippen molar-refractivity contribution < 1.29 is 0 Å². The van der Waals surface area contributed by atoms with Crippen molar-refractivity contribution in [3.63, 3.8) is 0 Å². The predicted octanol–water partition coefficient (Wildman–Crippen LogP) is 3.91. The van der Waals surface area contributed by atoms with Crippen molar-refractivity contribution in [2.45, 2.75) is 13.8 Å². The summed E-state index contributed by atoms with van der Waals surface area (Å²) in [5.74, 6) is 0. The zero-order chi connectivity index (χ0) is 12.5. The molecule has 0 radical (unpaired) electrons. The van der Waals surface area contributed by atoms with E-state index in [4.69, 9.17) is 0 Å². The van der Waals surface area contributed by atoms with Crippen LogP contribution in [0, 0.1) is 13.8 Å². The highest BCUT2D eigenvalue weighted by atomic mass is 14.7. The number of nitrogens with zero attached hydrogens (tertiary/aromatic N) is 2. The van der Waals surface area contributed by atoms with Crippen LogP contribution in [0.4, 0.5) is 0 Å². The first-order valence-electron chi connectivity index (χ1n) is 6.03. The van der Waals surface area contributed by atoms with Crippen molar-refractivity contribution >= 4 is 10.9 Å². The summed E-state index contributed by atoms with van der Waals surface area (Å²) in [6, 6.07) is 14.5. The smallest absolute Gasteiger partial charge is 0.0741 e. The van der Waals surface area contributed by atoms with E-state index in [1.54, 1.807) is 0 Å². The van der Waals surface area contributed by atoms with E-state index >= 15 is 0 Å². The Morgan fingerprint density at radius 3 is 2.50 bits per heavy atom. The minimum atomic E-state index is 0.985. The molecule has 2 heterocycles. The van der Waals surface area contributed by atoms with E-state index in [-0.39, 0.29) is 0 Å². The van der Waals surface area contributed by atoms with Gasteiger partial charge in [-0.15, -0.1) is 0 Å². The normalized spacial score (nSPS) is 10.8. The van der Waals surface area contributed by atoms with Crippen LogP contribution in [0.5, 0.6) is 0 Å². The van der Waals surface area contributed by atoms with Gasteiger partial charge in [0, 0.05) is 22.8 Å². The SMILES string of the molecule is Cc1ccc(-c2cc3ncccc3c(C)n2)cc1. The standard InChI is InChI=1S/C16H14N2/c1-11-5-7-13(8-6-11)15-10-16-14(12(2)18-15)4-3-9-17-16/h3-10H,1-2H3. The van der Waals surface area contributed by atoms with Gasteiger partial charge in [0.25, 0.3) is 0 Å². The van der Waals surface area contributed by atoms with Crippen molar-refractivity contribution in [1.29, 1.82) is 0 Å². The summed E-state index contributed by atoms with van der Waals surface area (Å²) in [5.41, 5.74) is 5.40. The van der Waals surface area contributed by atoms with Gasteiger partial charge in [0.2, 0.25) is 0 Å². The lowest BCUT2D eigenvalue weighted by atomic mass is 10.1.